The second kappa shape index (κ2) is 8.14. The first-order valence-electron chi connectivity index (χ1n) is 7.16. The molecule has 0 aromatic carbocycles. The van der Waals surface area contributed by atoms with Crippen LogP contribution in [0, 0.1) is 11.3 Å². The molecule has 0 aromatic rings. The van der Waals surface area contributed by atoms with Gasteiger partial charge in [-0.25, -0.2) is 4.90 Å². The molecule has 1 heterocycles. The highest BCUT2D eigenvalue weighted by Gasteiger charge is 2.54. The number of hydrogen-bond donors (Lipinski definition) is 2. The van der Waals surface area contributed by atoms with E-state index >= 15 is 0 Å². The van der Waals surface area contributed by atoms with Crippen LogP contribution in [0.3, 0.4) is 0 Å². The van der Waals surface area contributed by atoms with Gasteiger partial charge in [-0.2, -0.15) is 0 Å². The molecule has 9 heteroatoms. The van der Waals surface area contributed by atoms with Crippen molar-refractivity contribution in [3.8, 4) is 0 Å². The van der Waals surface area contributed by atoms with Gasteiger partial charge in [0.2, 0.25) is 11.8 Å². The average molecular weight is 349 g/mol. The number of imide groups is 1. The molecule has 23 heavy (non-hydrogen) atoms. The van der Waals surface area contributed by atoms with E-state index in [4.69, 9.17) is 16.2 Å². The number of amides is 2. The summed E-state index contributed by atoms with van der Waals surface area (Å²) in [4.78, 5) is 40.5. The summed E-state index contributed by atoms with van der Waals surface area (Å²) in [6, 6.07) is 0. The third-order valence-corrected chi connectivity index (χ3v) is 3.27. The number of hydrogen-bond acceptors (Lipinski definition) is 5. The minimum Gasteiger partial charge on any atom is -0.440 e. The molecule has 2 amide bonds. The highest BCUT2D eigenvalue weighted by molar-refractivity contribution is 6.03. The fourth-order valence-corrected chi connectivity index (χ4v) is 2.19. The number of halogens is 1. The number of β-lactam (4-membered cyclic amide) rings is 1. The summed E-state index contributed by atoms with van der Waals surface area (Å²) in [6.07, 6.45) is 0.168. The Labute approximate surface area is 142 Å². The van der Waals surface area contributed by atoms with Crippen LogP contribution in [0.4, 0.5) is 0 Å². The van der Waals surface area contributed by atoms with E-state index in [-0.39, 0.29) is 30.2 Å². The van der Waals surface area contributed by atoms with Crippen LogP contribution in [-0.4, -0.2) is 41.4 Å². The molecule has 0 saturated carbocycles. The molecule has 132 valence electrons. The zero-order valence-electron chi connectivity index (χ0n) is 13.9. The lowest BCUT2D eigenvalue weighted by atomic mass is 9.86. The Morgan fingerprint density at radius 1 is 1.30 bits per heavy atom. The maximum atomic E-state index is 12.3. The first kappa shape index (κ1) is 21.2. The Hall–Kier alpha value is -1.83. The Balaban J connectivity index is 0.00000484. The van der Waals surface area contributed by atoms with Crippen molar-refractivity contribution in [3.05, 3.63) is 0 Å². The third kappa shape index (κ3) is 5.38. The van der Waals surface area contributed by atoms with E-state index in [0.717, 1.165) is 4.90 Å². The lowest BCUT2D eigenvalue weighted by Crippen LogP contribution is -2.66. The summed E-state index contributed by atoms with van der Waals surface area (Å²) in [5, 5.41) is 0. The van der Waals surface area contributed by atoms with Gasteiger partial charge >= 0.3 is 5.97 Å². The summed E-state index contributed by atoms with van der Waals surface area (Å²) >= 11 is 0. The van der Waals surface area contributed by atoms with E-state index in [2.05, 4.69) is 4.99 Å². The van der Waals surface area contributed by atoms with Crippen molar-refractivity contribution in [3.63, 3.8) is 0 Å². The van der Waals surface area contributed by atoms with Crippen LogP contribution in [-0.2, 0) is 19.1 Å². The van der Waals surface area contributed by atoms with Gasteiger partial charge in [0.15, 0.2) is 12.2 Å². The molecular formula is C14H25ClN4O4. The molecule has 8 nitrogen and oxygen atoms in total. The standard InChI is InChI=1S/C14H24N4O4.ClH/c1-8(19)22-11-9(6-5-7-17-13(15)16)10(20)18(11)12(21)14(2,3)4;/h9,11H,5-7H2,1-4H3,(H4,15,16,17);1H. The minimum atomic E-state index is -0.837. The number of likely N-dealkylation sites (tertiary alicyclic amines) is 1. The molecule has 1 saturated heterocycles. The number of esters is 1. The SMILES string of the molecule is CC(=O)OC1C(CCCN=C(N)N)C(=O)N1C(=O)C(C)(C)C.Cl. The Bertz CT molecular complexity index is 497. The number of carbonyl (C=O) groups is 3. The van der Waals surface area contributed by atoms with E-state index < -0.39 is 23.5 Å². The topological polar surface area (TPSA) is 128 Å². The van der Waals surface area contributed by atoms with Gasteiger partial charge in [0.1, 0.15) is 0 Å². The second-order valence-electron chi connectivity index (χ2n) is 6.32. The van der Waals surface area contributed by atoms with Gasteiger partial charge in [0, 0.05) is 18.9 Å². The van der Waals surface area contributed by atoms with Gasteiger partial charge in [-0.15, -0.1) is 12.4 Å². The number of ether oxygens (including phenoxy) is 1. The van der Waals surface area contributed by atoms with Gasteiger partial charge in [-0.3, -0.25) is 19.4 Å². The maximum absolute atomic E-state index is 12.3. The van der Waals surface area contributed by atoms with Crippen LogP contribution < -0.4 is 11.5 Å². The molecule has 2 atom stereocenters. The van der Waals surface area contributed by atoms with Gasteiger partial charge < -0.3 is 16.2 Å². The molecule has 2 unspecified atom stereocenters. The normalized spacial score (nSPS) is 20.2. The molecular weight excluding hydrogens is 324 g/mol. The first-order valence-corrected chi connectivity index (χ1v) is 7.16. The van der Waals surface area contributed by atoms with Crippen molar-refractivity contribution in [2.45, 2.75) is 46.8 Å². The fraction of sp³-hybridized carbons (Fsp3) is 0.714. The predicted molar refractivity (Wildman–Crippen MR) is 87.5 cm³/mol. The summed E-state index contributed by atoms with van der Waals surface area (Å²) in [6.45, 7) is 6.75. The lowest BCUT2D eigenvalue weighted by Gasteiger charge is -2.46. The maximum Gasteiger partial charge on any atom is 0.304 e. The van der Waals surface area contributed by atoms with Crippen LogP contribution >= 0.6 is 12.4 Å². The number of nitrogens with zero attached hydrogens (tertiary/aromatic N) is 2. The smallest absolute Gasteiger partial charge is 0.304 e. The molecule has 1 aliphatic rings. The van der Waals surface area contributed by atoms with Crippen molar-refractivity contribution in [1.29, 1.82) is 0 Å². The predicted octanol–water partition coefficient (Wildman–Crippen LogP) is 0.382. The molecule has 0 radical (unpaired) electrons. The molecule has 0 aliphatic carbocycles. The quantitative estimate of drug-likeness (QED) is 0.243. The van der Waals surface area contributed by atoms with E-state index in [9.17, 15) is 14.4 Å². The fourth-order valence-electron chi connectivity index (χ4n) is 2.19. The van der Waals surface area contributed by atoms with Crippen LogP contribution in [0.25, 0.3) is 0 Å². The number of rotatable bonds is 5. The molecule has 1 fully saturated rings. The second-order valence-corrected chi connectivity index (χ2v) is 6.32. The summed E-state index contributed by atoms with van der Waals surface area (Å²) in [5.74, 6) is -1.75. The molecule has 0 spiro atoms. The van der Waals surface area contributed by atoms with E-state index in [1.54, 1.807) is 20.8 Å². The number of nitrogens with two attached hydrogens (primary N) is 2. The van der Waals surface area contributed by atoms with Gasteiger partial charge in [0.25, 0.3) is 0 Å². The highest BCUT2D eigenvalue weighted by Crippen LogP contribution is 2.35. The monoisotopic (exact) mass is 348 g/mol. The first-order chi connectivity index (χ1) is 10.1. The Kier molecular flexibility index (Phi) is 7.50. The molecule has 4 N–H and O–H groups in total. The van der Waals surface area contributed by atoms with Crippen molar-refractivity contribution < 1.29 is 19.1 Å². The lowest BCUT2D eigenvalue weighted by molar-refractivity contribution is -0.203. The van der Waals surface area contributed by atoms with Gasteiger partial charge in [-0.1, -0.05) is 20.8 Å². The van der Waals surface area contributed by atoms with Gasteiger partial charge in [0.05, 0.1) is 5.92 Å². The summed E-state index contributed by atoms with van der Waals surface area (Å²) < 4.78 is 5.14. The van der Waals surface area contributed by atoms with Crippen molar-refractivity contribution in [2.75, 3.05) is 6.54 Å². The third-order valence-electron chi connectivity index (χ3n) is 3.27. The van der Waals surface area contributed by atoms with Crippen LogP contribution in [0.2, 0.25) is 0 Å². The van der Waals surface area contributed by atoms with E-state index in [1.165, 1.54) is 6.92 Å². The van der Waals surface area contributed by atoms with Crippen LogP contribution in [0.1, 0.15) is 40.5 Å². The molecule has 1 aliphatic heterocycles. The summed E-state index contributed by atoms with van der Waals surface area (Å²) in [7, 11) is 0. The zero-order chi connectivity index (χ0) is 17.1. The van der Waals surface area contributed by atoms with Crippen LogP contribution in [0.5, 0.6) is 0 Å². The largest absolute Gasteiger partial charge is 0.440 e. The average Bonchev–Trinajstić information content (AvgIpc) is 2.35. The van der Waals surface area contributed by atoms with Crippen molar-refractivity contribution >= 4 is 36.2 Å². The number of carbonyl (C=O) groups excluding carboxylic acids is 3. The van der Waals surface area contributed by atoms with Crippen molar-refractivity contribution in [1.82, 2.24) is 4.90 Å². The summed E-state index contributed by atoms with van der Waals surface area (Å²) in [5.41, 5.74) is 9.72. The zero-order valence-corrected chi connectivity index (χ0v) is 14.7. The molecule has 0 bridgehead atoms. The Morgan fingerprint density at radius 3 is 2.30 bits per heavy atom. The van der Waals surface area contributed by atoms with E-state index in [0.29, 0.717) is 19.4 Å². The number of guanidine groups is 1. The van der Waals surface area contributed by atoms with Crippen LogP contribution in [0.15, 0.2) is 4.99 Å². The number of aliphatic imine (C=N–C) groups is 1. The van der Waals surface area contributed by atoms with Crippen molar-refractivity contribution in [2.24, 2.45) is 27.8 Å². The minimum absolute atomic E-state index is 0. The van der Waals surface area contributed by atoms with Gasteiger partial charge in [-0.05, 0) is 12.8 Å². The highest BCUT2D eigenvalue weighted by atomic mass is 35.5. The molecule has 1 rings (SSSR count). The molecule has 0 aromatic heterocycles. The Morgan fingerprint density at radius 2 is 1.87 bits per heavy atom. The van der Waals surface area contributed by atoms with E-state index in [1.807, 2.05) is 0 Å².